The average Bonchev–Trinajstić information content (AvgIpc) is 2.28. The quantitative estimate of drug-likeness (QED) is 0.582. The Kier molecular flexibility index (Phi) is 2.32. The number of fused-ring (bicyclic) bond motifs is 1. The van der Waals surface area contributed by atoms with E-state index in [0.29, 0.717) is 36.8 Å². The maximum Gasteiger partial charge on any atom is 0.133 e. The van der Waals surface area contributed by atoms with Crippen molar-refractivity contribution in [1.29, 1.82) is 0 Å². The molecule has 3 heteroatoms. The zero-order valence-electron chi connectivity index (χ0n) is 7.65. The summed E-state index contributed by atoms with van der Waals surface area (Å²) in [5.41, 5.74) is 1.16. The van der Waals surface area contributed by atoms with Crippen molar-refractivity contribution >= 4 is 5.78 Å². The lowest BCUT2D eigenvalue weighted by molar-refractivity contribution is -0.118. The average molecular weight is 196 g/mol. The van der Waals surface area contributed by atoms with Gasteiger partial charge in [0.25, 0.3) is 0 Å². The van der Waals surface area contributed by atoms with Gasteiger partial charge in [-0.15, -0.1) is 0 Å². The Morgan fingerprint density at radius 1 is 1.00 bits per heavy atom. The fourth-order valence-corrected chi connectivity index (χ4v) is 1.82. The Morgan fingerprint density at radius 3 is 2.50 bits per heavy atom. The van der Waals surface area contributed by atoms with Gasteiger partial charge in [-0.05, 0) is 30.0 Å². The molecule has 0 aliphatic heterocycles. The lowest BCUT2D eigenvalue weighted by atomic mass is 10.0. The van der Waals surface area contributed by atoms with Gasteiger partial charge < -0.3 is 0 Å². The maximum atomic E-state index is 13.3. The number of rotatable bonds is 0. The van der Waals surface area contributed by atoms with E-state index in [1.54, 1.807) is 0 Å². The molecule has 0 N–H and O–H groups in total. The van der Waals surface area contributed by atoms with E-state index < -0.39 is 11.6 Å². The molecule has 0 spiro atoms. The molecule has 2 rings (SSSR count). The normalized spacial score (nSPS) is 16.3. The summed E-state index contributed by atoms with van der Waals surface area (Å²) in [5, 5.41) is 0. The molecule has 74 valence electrons. The summed E-state index contributed by atoms with van der Waals surface area (Å²) in [7, 11) is 0. The zero-order chi connectivity index (χ0) is 10.1. The van der Waals surface area contributed by atoms with Crippen LogP contribution >= 0.6 is 0 Å². The number of benzene rings is 1. The number of halogens is 2. The second-order valence-corrected chi connectivity index (χ2v) is 3.56. The van der Waals surface area contributed by atoms with E-state index in [1.807, 2.05) is 0 Å². The fourth-order valence-electron chi connectivity index (χ4n) is 1.82. The Labute approximate surface area is 80.7 Å². The largest absolute Gasteiger partial charge is 0.300 e. The van der Waals surface area contributed by atoms with E-state index >= 15 is 0 Å². The van der Waals surface area contributed by atoms with Gasteiger partial charge >= 0.3 is 0 Å². The van der Waals surface area contributed by atoms with Crippen LogP contribution in [0.15, 0.2) is 12.1 Å². The summed E-state index contributed by atoms with van der Waals surface area (Å²) in [5.74, 6) is -0.952. The summed E-state index contributed by atoms with van der Waals surface area (Å²) < 4.78 is 26.1. The fraction of sp³-hybridized carbons (Fsp3) is 0.364. The monoisotopic (exact) mass is 196 g/mol. The molecule has 1 aliphatic carbocycles. The smallest absolute Gasteiger partial charge is 0.133 e. The van der Waals surface area contributed by atoms with E-state index in [9.17, 15) is 13.6 Å². The number of ketones is 1. The van der Waals surface area contributed by atoms with Gasteiger partial charge in [-0.2, -0.15) is 0 Å². The van der Waals surface area contributed by atoms with Gasteiger partial charge in [0.2, 0.25) is 0 Å². The Balaban J connectivity index is 2.45. The van der Waals surface area contributed by atoms with Crippen molar-refractivity contribution in [3.8, 4) is 0 Å². The molecule has 1 aromatic carbocycles. The highest BCUT2D eigenvalue weighted by atomic mass is 19.1. The summed E-state index contributed by atoms with van der Waals surface area (Å²) in [4.78, 5) is 11.1. The van der Waals surface area contributed by atoms with Crippen molar-refractivity contribution < 1.29 is 13.6 Å². The first-order chi connectivity index (χ1) is 6.66. The molecule has 0 saturated carbocycles. The van der Waals surface area contributed by atoms with Crippen molar-refractivity contribution in [3.05, 3.63) is 34.9 Å². The highest BCUT2D eigenvalue weighted by Gasteiger charge is 2.17. The standard InChI is InChI=1S/C11H10F2O/c12-8-5-7-1-2-9(14)3-4-10(7)11(13)6-8/h5-6H,1-4H2. The SMILES string of the molecule is O=C1CCc2cc(F)cc(F)c2CC1. The summed E-state index contributed by atoms with van der Waals surface area (Å²) in [6.07, 6.45) is 1.63. The van der Waals surface area contributed by atoms with Crippen molar-refractivity contribution in [2.24, 2.45) is 0 Å². The van der Waals surface area contributed by atoms with E-state index in [0.717, 1.165) is 6.07 Å². The van der Waals surface area contributed by atoms with Crippen LogP contribution in [0.1, 0.15) is 24.0 Å². The topological polar surface area (TPSA) is 17.1 Å². The van der Waals surface area contributed by atoms with Crippen LogP contribution in [0.25, 0.3) is 0 Å². The van der Waals surface area contributed by atoms with Crippen molar-refractivity contribution in [1.82, 2.24) is 0 Å². The summed E-state index contributed by atoms with van der Waals surface area (Å²) in [6, 6.07) is 2.21. The van der Waals surface area contributed by atoms with Crippen LogP contribution in [-0.4, -0.2) is 5.78 Å². The molecule has 0 bridgehead atoms. The molecule has 0 radical (unpaired) electrons. The molecular weight excluding hydrogens is 186 g/mol. The van der Waals surface area contributed by atoms with Gasteiger partial charge in [0.1, 0.15) is 17.4 Å². The molecule has 0 heterocycles. The van der Waals surface area contributed by atoms with Crippen LogP contribution in [0.2, 0.25) is 0 Å². The molecule has 0 amide bonds. The minimum atomic E-state index is -0.560. The number of carbonyl (C=O) groups excluding carboxylic acids is 1. The molecule has 1 aromatic rings. The first-order valence-corrected chi connectivity index (χ1v) is 4.65. The van der Waals surface area contributed by atoms with E-state index in [-0.39, 0.29) is 5.78 Å². The molecule has 1 nitrogen and oxygen atoms in total. The second kappa shape index (κ2) is 3.48. The predicted octanol–water partition coefficient (Wildman–Crippen LogP) is 2.41. The molecule has 0 unspecified atom stereocenters. The summed E-state index contributed by atoms with van der Waals surface area (Å²) in [6.45, 7) is 0. The third kappa shape index (κ3) is 1.67. The Bertz CT molecular complexity index is 385. The van der Waals surface area contributed by atoms with Crippen LogP contribution in [0.3, 0.4) is 0 Å². The van der Waals surface area contributed by atoms with Gasteiger partial charge in [0.15, 0.2) is 0 Å². The molecule has 1 aliphatic rings. The first-order valence-electron chi connectivity index (χ1n) is 4.65. The van der Waals surface area contributed by atoms with Crippen molar-refractivity contribution in [2.45, 2.75) is 25.7 Å². The third-order valence-corrected chi connectivity index (χ3v) is 2.58. The Hall–Kier alpha value is -1.25. The van der Waals surface area contributed by atoms with Crippen molar-refractivity contribution in [3.63, 3.8) is 0 Å². The van der Waals surface area contributed by atoms with Gasteiger partial charge in [-0.3, -0.25) is 4.79 Å². The molecule has 0 atom stereocenters. The first kappa shape index (κ1) is 9.31. The number of Topliss-reactive ketones (excluding diaryl/α,β-unsaturated/α-hetero) is 1. The van der Waals surface area contributed by atoms with Gasteiger partial charge in [0.05, 0.1) is 0 Å². The molecule has 14 heavy (non-hydrogen) atoms. The molecular formula is C11H10F2O. The van der Waals surface area contributed by atoms with E-state index in [4.69, 9.17) is 0 Å². The van der Waals surface area contributed by atoms with Gasteiger partial charge in [-0.1, -0.05) is 0 Å². The van der Waals surface area contributed by atoms with Gasteiger partial charge in [0, 0.05) is 18.9 Å². The second-order valence-electron chi connectivity index (χ2n) is 3.56. The van der Waals surface area contributed by atoms with Crippen LogP contribution in [0, 0.1) is 11.6 Å². The minimum absolute atomic E-state index is 0.126. The lowest BCUT2D eigenvalue weighted by Gasteiger charge is -2.05. The molecule has 0 saturated heterocycles. The lowest BCUT2D eigenvalue weighted by Crippen LogP contribution is -1.97. The van der Waals surface area contributed by atoms with Crippen molar-refractivity contribution in [2.75, 3.05) is 0 Å². The highest BCUT2D eigenvalue weighted by molar-refractivity contribution is 5.79. The number of aryl methyl sites for hydroxylation is 1. The Morgan fingerprint density at radius 2 is 1.71 bits per heavy atom. The van der Waals surface area contributed by atoms with Crippen LogP contribution in [0.4, 0.5) is 8.78 Å². The zero-order valence-corrected chi connectivity index (χ0v) is 7.65. The van der Waals surface area contributed by atoms with Crippen LogP contribution in [0.5, 0.6) is 0 Å². The summed E-state index contributed by atoms with van der Waals surface area (Å²) >= 11 is 0. The van der Waals surface area contributed by atoms with Gasteiger partial charge in [-0.25, -0.2) is 8.78 Å². The third-order valence-electron chi connectivity index (χ3n) is 2.58. The molecule has 0 aromatic heterocycles. The number of hydrogen-bond acceptors (Lipinski definition) is 1. The predicted molar refractivity (Wildman–Crippen MR) is 48.0 cm³/mol. The van der Waals surface area contributed by atoms with E-state index in [2.05, 4.69) is 0 Å². The van der Waals surface area contributed by atoms with Crippen LogP contribution in [-0.2, 0) is 17.6 Å². The highest BCUT2D eigenvalue weighted by Crippen LogP contribution is 2.22. The van der Waals surface area contributed by atoms with E-state index in [1.165, 1.54) is 6.07 Å². The minimum Gasteiger partial charge on any atom is -0.300 e. The van der Waals surface area contributed by atoms with Crippen LogP contribution < -0.4 is 0 Å². The number of hydrogen-bond donors (Lipinski definition) is 0. The number of carbonyl (C=O) groups is 1. The maximum absolute atomic E-state index is 13.3. The molecule has 0 fully saturated rings.